The van der Waals surface area contributed by atoms with Gasteiger partial charge >= 0.3 is 0 Å². The SMILES string of the molecule is CCNC(=NCC(O)COCc1ccccc1)NC(C)c1ccc(C)o1.I. The van der Waals surface area contributed by atoms with Crippen molar-refractivity contribution >= 4 is 29.9 Å². The summed E-state index contributed by atoms with van der Waals surface area (Å²) in [5, 5.41) is 16.5. The molecule has 0 radical (unpaired) electrons. The van der Waals surface area contributed by atoms with Gasteiger partial charge in [-0.2, -0.15) is 0 Å². The summed E-state index contributed by atoms with van der Waals surface area (Å²) >= 11 is 0. The highest BCUT2D eigenvalue weighted by Crippen LogP contribution is 2.15. The van der Waals surface area contributed by atoms with Crippen LogP contribution in [0.15, 0.2) is 51.9 Å². The average Bonchev–Trinajstić information content (AvgIpc) is 3.07. The number of rotatable bonds is 9. The Balaban J connectivity index is 0.00000364. The summed E-state index contributed by atoms with van der Waals surface area (Å²) in [4.78, 5) is 4.43. The molecule has 150 valence electrons. The topological polar surface area (TPSA) is 79.0 Å². The minimum Gasteiger partial charge on any atom is -0.464 e. The standard InChI is InChI=1S/C20H29N3O3.HI/c1-4-21-20(23-16(3)19-11-10-15(2)26-19)22-12-18(24)14-25-13-17-8-6-5-7-9-17;/h5-11,16,18,24H,4,12-14H2,1-3H3,(H2,21,22,23);1H. The molecule has 1 aromatic heterocycles. The van der Waals surface area contributed by atoms with Crippen molar-refractivity contribution in [3.63, 3.8) is 0 Å². The molecule has 0 bridgehead atoms. The lowest BCUT2D eigenvalue weighted by molar-refractivity contribution is 0.0331. The molecule has 7 heteroatoms. The second-order valence-corrected chi connectivity index (χ2v) is 6.19. The summed E-state index contributed by atoms with van der Waals surface area (Å²) in [6, 6.07) is 13.8. The second-order valence-electron chi connectivity index (χ2n) is 6.19. The van der Waals surface area contributed by atoms with Gasteiger partial charge in [0, 0.05) is 6.54 Å². The number of aryl methyl sites for hydroxylation is 1. The largest absolute Gasteiger partial charge is 0.464 e. The molecule has 0 aliphatic carbocycles. The monoisotopic (exact) mass is 487 g/mol. The smallest absolute Gasteiger partial charge is 0.191 e. The number of aliphatic hydroxyl groups is 1. The third-order valence-electron chi connectivity index (χ3n) is 3.77. The highest BCUT2D eigenvalue weighted by molar-refractivity contribution is 14.0. The van der Waals surface area contributed by atoms with E-state index in [1.165, 1.54) is 0 Å². The summed E-state index contributed by atoms with van der Waals surface area (Å²) < 4.78 is 11.2. The fourth-order valence-corrected chi connectivity index (χ4v) is 2.42. The van der Waals surface area contributed by atoms with Crippen LogP contribution in [0.2, 0.25) is 0 Å². The van der Waals surface area contributed by atoms with Crippen molar-refractivity contribution in [1.29, 1.82) is 0 Å². The Morgan fingerprint density at radius 3 is 2.59 bits per heavy atom. The van der Waals surface area contributed by atoms with Crippen molar-refractivity contribution in [2.24, 2.45) is 4.99 Å². The molecule has 27 heavy (non-hydrogen) atoms. The van der Waals surface area contributed by atoms with Crippen molar-refractivity contribution in [3.05, 3.63) is 59.5 Å². The molecular formula is C20H30IN3O3. The molecule has 0 fully saturated rings. The van der Waals surface area contributed by atoms with Crippen LogP contribution in [0.5, 0.6) is 0 Å². The van der Waals surface area contributed by atoms with Crippen LogP contribution in [0.4, 0.5) is 0 Å². The maximum Gasteiger partial charge on any atom is 0.191 e. The molecule has 0 aliphatic rings. The van der Waals surface area contributed by atoms with Gasteiger partial charge in [0.2, 0.25) is 0 Å². The average molecular weight is 487 g/mol. The normalized spacial score (nSPS) is 13.6. The molecule has 0 amide bonds. The molecule has 2 atom stereocenters. The van der Waals surface area contributed by atoms with Gasteiger partial charge in [0.15, 0.2) is 5.96 Å². The van der Waals surface area contributed by atoms with E-state index in [0.717, 1.165) is 23.6 Å². The van der Waals surface area contributed by atoms with Gasteiger partial charge < -0.3 is 24.9 Å². The maximum absolute atomic E-state index is 10.1. The summed E-state index contributed by atoms with van der Waals surface area (Å²) in [6.07, 6.45) is -0.657. The van der Waals surface area contributed by atoms with Crippen LogP contribution in [0, 0.1) is 6.92 Å². The molecule has 6 nitrogen and oxygen atoms in total. The van der Waals surface area contributed by atoms with Crippen LogP contribution in [-0.4, -0.2) is 36.9 Å². The Morgan fingerprint density at radius 2 is 1.96 bits per heavy atom. The van der Waals surface area contributed by atoms with Gasteiger partial charge in [-0.3, -0.25) is 4.99 Å². The van der Waals surface area contributed by atoms with Crippen LogP contribution in [0.1, 0.15) is 37.0 Å². The summed E-state index contributed by atoms with van der Waals surface area (Å²) in [6.45, 7) is 7.63. The minimum atomic E-state index is -0.657. The van der Waals surface area contributed by atoms with Crippen molar-refractivity contribution in [2.75, 3.05) is 19.7 Å². The van der Waals surface area contributed by atoms with Gasteiger partial charge in [-0.15, -0.1) is 24.0 Å². The molecule has 2 aromatic rings. The molecular weight excluding hydrogens is 457 g/mol. The van der Waals surface area contributed by atoms with Crippen molar-refractivity contribution in [2.45, 2.75) is 39.5 Å². The van der Waals surface area contributed by atoms with Crippen LogP contribution in [-0.2, 0) is 11.3 Å². The number of ether oxygens (including phenoxy) is 1. The van der Waals surface area contributed by atoms with Crippen molar-refractivity contribution in [3.8, 4) is 0 Å². The lowest BCUT2D eigenvalue weighted by Crippen LogP contribution is -2.39. The Hall–Kier alpha value is -1.58. The number of benzene rings is 1. The van der Waals surface area contributed by atoms with Gasteiger partial charge in [-0.1, -0.05) is 30.3 Å². The van der Waals surface area contributed by atoms with Gasteiger partial charge in [-0.25, -0.2) is 0 Å². The maximum atomic E-state index is 10.1. The first kappa shape index (κ1) is 23.5. The number of furan rings is 1. The number of halogens is 1. The Kier molecular flexibility index (Phi) is 11.1. The Labute approximate surface area is 178 Å². The predicted molar refractivity (Wildman–Crippen MR) is 118 cm³/mol. The third kappa shape index (κ3) is 8.77. The summed E-state index contributed by atoms with van der Waals surface area (Å²) in [7, 11) is 0. The van der Waals surface area contributed by atoms with E-state index in [-0.39, 0.29) is 43.2 Å². The second kappa shape index (κ2) is 12.7. The number of hydrogen-bond donors (Lipinski definition) is 3. The van der Waals surface area contributed by atoms with E-state index in [1.807, 2.05) is 63.2 Å². The Morgan fingerprint density at radius 1 is 1.22 bits per heavy atom. The number of hydrogen-bond acceptors (Lipinski definition) is 4. The lowest BCUT2D eigenvalue weighted by Gasteiger charge is -2.17. The number of guanidine groups is 1. The van der Waals surface area contributed by atoms with Crippen molar-refractivity contribution in [1.82, 2.24) is 10.6 Å². The zero-order chi connectivity index (χ0) is 18.8. The van der Waals surface area contributed by atoms with Gasteiger partial charge in [0.25, 0.3) is 0 Å². The molecule has 0 saturated heterocycles. The summed E-state index contributed by atoms with van der Waals surface area (Å²) in [5.41, 5.74) is 1.08. The molecule has 2 rings (SSSR count). The third-order valence-corrected chi connectivity index (χ3v) is 3.77. The van der Waals surface area contributed by atoms with E-state index in [0.29, 0.717) is 12.6 Å². The van der Waals surface area contributed by atoms with E-state index in [4.69, 9.17) is 9.15 Å². The molecule has 0 spiro atoms. The number of nitrogens with zero attached hydrogens (tertiary/aromatic N) is 1. The zero-order valence-electron chi connectivity index (χ0n) is 16.1. The molecule has 0 saturated carbocycles. The van der Waals surface area contributed by atoms with E-state index >= 15 is 0 Å². The van der Waals surface area contributed by atoms with Crippen LogP contribution in [0.25, 0.3) is 0 Å². The van der Waals surface area contributed by atoms with Gasteiger partial charge in [-0.05, 0) is 38.5 Å². The number of nitrogens with one attached hydrogen (secondary N) is 2. The number of aliphatic hydroxyl groups excluding tert-OH is 1. The Bertz CT molecular complexity index is 676. The van der Waals surface area contributed by atoms with Crippen LogP contribution < -0.4 is 10.6 Å². The molecule has 3 N–H and O–H groups in total. The first-order chi connectivity index (χ1) is 12.6. The quantitative estimate of drug-likeness (QED) is 0.287. The predicted octanol–water partition coefficient (Wildman–Crippen LogP) is 3.40. The molecule has 1 heterocycles. The van der Waals surface area contributed by atoms with E-state index in [9.17, 15) is 5.11 Å². The van der Waals surface area contributed by atoms with E-state index in [2.05, 4.69) is 15.6 Å². The van der Waals surface area contributed by atoms with E-state index < -0.39 is 6.10 Å². The van der Waals surface area contributed by atoms with Crippen LogP contribution in [0.3, 0.4) is 0 Å². The fourth-order valence-electron chi connectivity index (χ4n) is 2.42. The highest BCUT2D eigenvalue weighted by Gasteiger charge is 2.12. The summed E-state index contributed by atoms with van der Waals surface area (Å²) in [5.74, 6) is 2.36. The zero-order valence-corrected chi connectivity index (χ0v) is 18.5. The first-order valence-electron chi connectivity index (χ1n) is 8.99. The van der Waals surface area contributed by atoms with Crippen molar-refractivity contribution < 1.29 is 14.3 Å². The van der Waals surface area contributed by atoms with Gasteiger partial charge in [0.05, 0.1) is 31.9 Å². The molecule has 1 aromatic carbocycles. The highest BCUT2D eigenvalue weighted by atomic mass is 127. The first-order valence-corrected chi connectivity index (χ1v) is 8.99. The van der Waals surface area contributed by atoms with E-state index in [1.54, 1.807) is 0 Å². The fraction of sp³-hybridized carbons (Fsp3) is 0.450. The van der Waals surface area contributed by atoms with Crippen LogP contribution >= 0.6 is 24.0 Å². The van der Waals surface area contributed by atoms with Gasteiger partial charge in [0.1, 0.15) is 11.5 Å². The number of aliphatic imine (C=N–C) groups is 1. The lowest BCUT2D eigenvalue weighted by atomic mass is 10.2. The molecule has 2 unspecified atom stereocenters. The minimum absolute atomic E-state index is 0. The molecule has 0 aliphatic heterocycles.